The Kier molecular flexibility index (Phi) is 5.09. The van der Waals surface area contributed by atoms with E-state index in [0.717, 1.165) is 17.0 Å². The van der Waals surface area contributed by atoms with Gasteiger partial charge in [0.1, 0.15) is 4.99 Å². The van der Waals surface area contributed by atoms with E-state index in [1.165, 1.54) is 5.56 Å². The van der Waals surface area contributed by atoms with Crippen molar-refractivity contribution in [2.45, 2.75) is 19.9 Å². The van der Waals surface area contributed by atoms with E-state index >= 15 is 0 Å². The molecule has 1 aromatic carbocycles. The van der Waals surface area contributed by atoms with Gasteiger partial charge in [0.05, 0.1) is 0 Å². The first-order valence-electron chi connectivity index (χ1n) is 5.21. The average Bonchev–Trinajstić information content (AvgIpc) is 2.21. The van der Waals surface area contributed by atoms with Crippen molar-refractivity contribution in [3.05, 3.63) is 29.3 Å². The molecular weight excluding hydrogens is 236 g/mol. The van der Waals surface area contributed by atoms with Gasteiger partial charge in [-0.1, -0.05) is 24.4 Å². The summed E-state index contributed by atoms with van der Waals surface area (Å²) in [4.78, 5) is 0.447. The largest absolute Gasteiger partial charge is 0.389 e. The van der Waals surface area contributed by atoms with Crippen LogP contribution < -0.4 is 11.1 Å². The molecule has 16 heavy (non-hydrogen) atoms. The van der Waals surface area contributed by atoms with Crippen LogP contribution in [0.15, 0.2) is 18.2 Å². The SMILES string of the molecule is CSCC(C)Nc1c(C)cccc1C(N)=S. The smallest absolute Gasteiger partial charge is 0.106 e. The van der Waals surface area contributed by atoms with Gasteiger partial charge in [-0.25, -0.2) is 0 Å². The third-order valence-electron chi connectivity index (χ3n) is 2.35. The van der Waals surface area contributed by atoms with Crippen molar-refractivity contribution in [1.82, 2.24) is 0 Å². The number of anilines is 1. The maximum atomic E-state index is 5.72. The molecule has 0 heterocycles. The monoisotopic (exact) mass is 254 g/mol. The van der Waals surface area contributed by atoms with Crippen LogP contribution in [0.4, 0.5) is 5.69 Å². The van der Waals surface area contributed by atoms with Crippen LogP contribution in [0, 0.1) is 6.92 Å². The molecule has 1 unspecified atom stereocenters. The molecule has 0 aliphatic rings. The summed E-state index contributed by atoms with van der Waals surface area (Å²) >= 11 is 6.88. The fourth-order valence-electron chi connectivity index (χ4n) is 1.60. The highest BCUT2D eigenvalue weighted by molar-refractivity contribution is 7.98. The fraction of sp³-hybridized carbons (Fsp3) is 0.417. The Bertz CT molecular complexity index is 377. The lowest BCUT2D eigenvalue weighted by molar-refractivity contribution is 0.911. The minimum atomic E-state index is 0.407. The van der Waals surface area contributed by atoms with Gasteiger partial charge in [-0.3, -0.25) is 0 Å². The molecule has 0 aliphatic heterocycles. The van der Waals surface area contributed by atoms with Crippen molar-refractivity contribution >= 4 is 34.7 Å². The Morgan fingerprint density at radius 1 is 1.56 bits per heavy atom. The highest BCUT2D eigenvalue weighted by atomic mass is 32.2. The van der Waals surface area contributed by atoms with Gasteiger partial charge in [-0.15, -0.1) is 0 Å². The predicted molar refractivity (Wildman–Crippen MR) is 78.5 cm³/mol. The van der Waals surface area contributed by atoms with Crippen LogP contribution in [-0.2, 0) is 0 Å². The topological polar surface area (TPSA) is 38.0 Å². The van der Waals surface area contributed by atoms with Gasteiger partial charge in [-0.2, -0.15) is 11.8 Å². The lowest BCUT2D eigenvalue weighted by Gasteiger charge is -2.19. The second-order valence-corrected chi connectivity index (χ2v) is 5.21. The van der Waals surface area contributed by atoms with Crippen molar-refractivity contribution < 1.29 is 0 Å². The first-order chi connectivity index (χ1) is 7.56. The number of para-hydroxylation sites is 1. The Morgan fingerprint density at radius 2 is 2.25 bits per heavy atom. The minimum Gasteiger partial charge on any atom is -0.389 e. The summed E-state index contributed by atoms with van der Waals surface area (Å²) in [7, 11) is 0. The molecule has 0 fully saturated rings. The Hall–Kier alpha value is -0.740. The van der Waals surface area contributed by atoms with Gasteiger partial charge in [0.2, 0.25) is 0 Å². The molecule has 0 saturated carbocycles. The minimum absolute atomic E-state index is 0.407. The van der Waals surface area contributed by atoms with E-state index in [1.54, 1.807) is 0 Å². The number of thioether (sulfide) groups is 1. The van der Waals surface area contributed by atoms with E-state index in [9.17, 15) is 0 Å². The normalized spacial score (nSPS) is 12.2. The molecule has 0 amide bonds. The van der Waals surface area contributed by atoms with Crippen molar-refractivity contribution in [2.75, 3.05) is 17.3 Å². The lowest BCUT2D eigenvalue weighted by Crippen LogP contribution is -2.22. The quantitative estimate of drug-likeness (QED) is 0.793. The van der Waals surface area contributed by atoms with Crippen LogP contribution >= 0.6 is 24.0 Å². The van der Waals surface area contributed by atoms with E-state index in [-0.39, 0.29) is 0 Å². The summed E-state index contributed by atoms with van der Waals surface area (Å²) in [5.74, 6) is 1.06. The summed E-state index contributed by atoms with van der Waals surface area (Å²) in [5.41, 5.74) is 8.90. The summed E-state index contributed by atoms with van der Waals surface area (Å²) in [6.07, 6.45) is 2.10. The van der Waals surface area contributed by atoms with Gasteiger partial charge in [0, 0.05) is 23.0 Å². The maximum Gasteiger partial charge on any atom is 0.106 e. The van der Waals surface area contributed by atoms with Crippen molar-refractivity contribution in [2.24, 2.45) is 5.73 Å². The number of nitrogens with two attached hydrogens (primary N) is 1. The molecule has 0 spiro atoms. The van der Waals surface area contributed by atoms with Crippen LogP contribution in [0.5, 0.6) is 0 Å². The molecule has 0 aliphatic carbocycles. The van der Waals surface area contributed by atoms with E-state index in [2.05, 4.69) is 31.5 Å². The summed E-state index contributed by atoms with van der Waals surface area (Å²) in [6.45, 7) is 4.22. The molecule has 2 nitrogen and oxygen atoms in total. The number of thiocarbonyl (C=S) groups is 1. The van der Waals surface area contributed by atoms with Gasteiger partial charge in [-0.05, 0) is 31.7 Å². The van der Waals surface area contributed by atoms with Crippen molar-refractivity contribution in [3.8, 4) is 0 Å². The molecular formula is C12H18N2S2. The van der Waals surface area contributed by atoms with Gasteiger partial charge in [0.15, 0.2) is 0 Å². The predicted octanol–water partition coefficient (Wildman–Crippen LogP) is 2.79. The Labute approximate surface area is 107 Å². The standard InChI is InChI=1S/C12H18N2S2/c1-8-5-4-6-10(12(13)15)11(8)14-9(2)7-16-3/h4-6,9,14H,7H2,1-3H3,(H2,13,15). The van der Waals surface area contributed by atoms with Crippen LogP contribution in [0.25, 0.3) is 0 Å². The van der Waals surface area contributed by atoms with Crippen molar-refractivity contribution in [3.63, 3.8) is 0 Å². The van der Waals surface area contributed by atoms with Gasteiger partial charge >= 0.3 is 0 Å². The Morgan fingerprint density at radius 3 is 2.81 bits per heavy atom. The number of hydrogen-bond acceptors (Lipinski definition) is 3. The van der Waals surface area contributed by atoms with Crippen molar-refractivity contribution in [1.29, 1.82) is 0 Å². The molecule has 3 N–H and O–H groups in total. The molecule has 0 bridgehead atoms. The number of aryl methyl sites for hydroxylation is 1. The summed E-state index contributed by atoms with van der Waals surface area (Å²) < 4.78 is 0. The number of nitrogens with one attached hydrogen (secondary N) is 1. The van der Waals surface area contributed by atoms with E-state index < -0.39 is 0 Å². The van der Waals surface area contributed by atoms with Gasteiger partial charge < -0.3 is 11.1 Å². The first-order valence-corrected chi connectivity index (χ1v) is 7.01. The number of rotatable bonds is 5. The number of hydrogen-bond donors (Lipinski definition) is 2. The van der Waals surface area contributed by atoms with Crippen LogP contribution in [-0.4, -0.2) is 23.0 Å². The van der Waals surface area contributed by atoms with Crippen LogP contribution in [0.1, 0.15) is 18.1 Å². The Balaban J connectivity index is 2.97. The molecule has 1 atom stereocenters. The third-order valence-corrected chi connectivity index (χ3v) is 3.40. The summed E-state index contributed by atoms with van der Waals surface area (Å²) in [5, 5.41) is 3.47. The number of benzene rings is 1. The molecule has 4 heteroatoms. The average molecular weight is 254 g/mol. The molecule has 88 valence electrons. The molecule has 0 aromatic heterocycles. The highest BCUT2D eigenvalue weighted by Crippen LogP contribution is 2.21. The molecule has 0 saturated heterocycles. The lowest BCUT2D eigenvalue weighted by atomic mass is 10.1. The molecule has 0 radical (unpaired) electrons. The van der Waals surface area contributed by atoms with E-state index in [4.69, 9.17) is 18.0 Å². The zero-order valence-corrected chi connectivity index (χ0v) is 11.5. The third kappa shape index (κ3) is 3.39. The van der Waals surface area contributed by atoms with E-state index in [1.807, 2.05) is 23.9 Å². The summed E-state index contributed by atoms with van der Waals surface area (Å²) in [6, 6.07) is 6.41. The molecule has 1 rings (SSSR count). The highest BCUT2D eigenvalue weighted by Gasteiger charge is 2.10. The van der Waals surface area contributed by atoms with Crippen LogP contribution in [0.2, 0.25) is 0 Å². The van der Waals surface area contributed by atoms with Gasteiger partial charge in [0.25, 0.3) is 0 Å². The first kappa shape index (κ1) is 13.3. The second-order valence-electron chi connectivity index (χ2n) is 3.86. The second kappa shape index (κ2) is 6.11. The fourth-order valence-corrected chi connectivity index (χ4v) is 2.36. The maximum absolute atomic E-state index is 5.72. The molecule has 1 aromatic rings. The van der Waals surface area contributed by atoms with E-state index in [0.29, 0.717) is 11.0 Å². The zero-order valence-electron chi connectivity index (χ0n) is 9.91. The zero-order chi connectivity index (χ0) is 12.1. The van der Waals surface area contributed by atoms with Crippen LogP contribution in [0.3, 0.4) is 0 Å².